The second-order valence-corrected chi connectivity index (χ2v) is 16.4. The fraction of sp³-hybridized carbons (Fsp3) is 0.278. The number of hydrogen-bond acceptors (Lipinski definition) is 4. The number of rotatable bonds is 21. The van der Waals surface area contributed by atoms with Crippen molar-refractivity contribution in [1.82, 2.24) is 4.90 Å². The molecule has 6 rings (SSSR count). The van der Waals surface area contributed by atoms with Crippen LogP contribution in [0.25, 0.3) is 0 Å². The first-order valence-corrected chi connectivity index (χ1v) is 22.7. The molecule has 0 radical (unpaired) electrons. The van der Waals surface area contributed by atoms with Crippen molar-refractivity contribution in [2.24, 2.45) is 0 Å². The van der Waals surface area contributed by atoms with Crippen LogP contribution in [-0.2, 0) is 38.9 Å². The molecular formula is C54H63N7O3. The lowest BCUT2D eigenvalue weighted by Gasteiger charge is -2.24. The fourth-order valence-corrected chi connectivity index (χ4v) is 7.47. The minimum Gasteiger partial charge on any atom is -0.308 e. The molecule has 0 saturated carbocycles. The van der Waals surface area contributed by atoms with E-state index in [0.29, 0.717) is 36.7 Å². The van der Waals surface area contributed by atoms with E-state index in [1.54, 1.807) is 0 Å². The molecular weight excluding hydrogens is 795 g/mol. The van der Waals surface area contributed by atoms with Crippen LogP contribution in [-0.4, -0.2) is 23.0 Å². The molecule has 0 aliphatic heterocycles. The molecule has 0 unspecified atom stereocenters. The second kappa shape index (κ2) is 24.7. The van der Waals surface area contributed by atoms with Gasteiger partial charge in [0, 0.05) is 53.8 Å². The van der Waals surface area contributed by atoms with Gasteiger partial charge in [-0.25, -0.2) is 14.4 Å². The monoisotopic (exact) mass is 857 g/mol. The zero-order valence-corrected chi connectivity index (χ0v) is 37.5. The quantitative estimate of drug-likeness (QED) is 0.0431. The van der Waals surface area contributed by atoms with E-state index in [1.165, 1.54) is 16.7 Å². The van der Waals surface area contributed by atoms with E-state index in [0.717, 1.165) is 91.5 Å². The highest BCUT2D eigenvalue weighted by Gasteiger charge is 2.13. The van der Waals surface area contributed by atoms with Gasteiger partial charge in [-0.2, -0.15) is 0 Å². The largest absolute Gasteiger partial charge is 0.323 e. The Morgan fingerprint density at radius 1 is 0.344 bits per heavy atom. The van der Waals surface area contributed by atoms with Gasteiger partial charge in [0.05, 0.1) is 0 Å². The summed E-state index contributed by atoms with van der Waals surface area (Å²) in [6.07, 6.45) is 9.89. The van der Waals surface area contributed by atoms with E-state index in [9.17, 15) is 14.4 Å². The predicted octanol–water partition coefficient (Wildman–Crippen LogP) is 13.8. The number of aryl methyl sites for hydroxylation is 3. The number of carbonyl (C=O) groups is 3. The van der Waals surface area contributed by atoms with Crippen LogP contribution in [0.4, 0.5) is 48.5 Å². The Labute approximate surface area is 379 Å². The molecule has 0 fully saturated rings. The number of nitrogens with zero attached hydrogens (tertiary/aromatic N) is 1. The van der Waals surface area contributed by atoms with Crippen molar-refractivity contribution in [1.29, 1.82) is 0 Å². The van der Waals surface area contributed by atoms with E-state index >= 15 is 0 Å². The Kier molecular flexibility index (Phi) is 17.9. The number of nitrogens with one attached hydrogen (secondary N) is 6. The lowest BCUT2D eigenvalue weighted by molar-refractivity contribution is 0.248. The number of benzene rings is 6. The molecule has 0 aliphatic carbocycles. The smallest absolute Gasteiger partial charge is 0.308 e. The molecule has 6 N–H and O–H groups in total. The average Bonchev–Trinajstić information content (AvgIpc) is 3.28. The number of amides is 6. The van der Waals surface area contributed by atoms with Crippen molar-refractivity contribution in [3.05, 3.63) is 179 Å². The highest BCUT2D eigenvalue weighted by Crippen LogP contribution is 2.22. The summed E-state index contributed by atoms with van der Waals surface area (Å²) < 4.78 is 0. The topological polar surface area (TPSA) is 127 Å². The summed E-state index contributed by atoms with van der Waals surface area (Å²) in [4.78, 5) is 41.5. The van der Waals surface area contributed by atoms with Crippen molar-refractivity contribution in [2.45, 2.75) is 98.2 Å². The van der Waals surface area contributed by atoms with Gasteiger partial charge < -0.3 is 31.9 Å². The zero-order chi connectivity index (χ0) is 44.9. The molecule has 0 aromatic heterocycles. The van der Waals surface area contributed by atoms with Gasteiger partial charge in [0.15, 0.2) is 0 Å². The summed E-state index contributed by atoms with van der Waals surface area (Å²) in [6.45, 7) is 8.19. The molecule has 64 heavy (non-hydrogen) atoms. The van der Waals surface area contributed by atoms with Crippen LogP contribution >= 0.6 is 0 Å². The first kappa shape index (κ1) is 46.6. The van der Waals surface area contributed by atoms with Crippen molar-refractivity contribution in [2.75, 3.05) is 31.9 Å². The van der Waals surface area contributed by atoms with Gasteiger partial charge in [-0.1, -0.05) is 113 Å². The Bertz CT molecular complexity index is 2130. The van der Waals surface area contributed by atoms with Gasteiger partial charge >= 0.3 is 18.1 Å². The Balaban J connectivity index is 1.13. The van der Waals surface area contributed by atoms with Crippen LogP contribution in [0.15, 0.2) is 146 Å². The fourth-order valence-electron chi connectivity index (χ4n) is 7.47. The average molecular weight is 858 g/mol. The van der Waals surface area contributed by atoms with Gasteiger partial charge in [-0.15, -0.1) is 0 Å². The minimum absolute atomic E-state index is 0.315. The first-order chi connectivity index (χ1) is 31.2. The third-order valence-corrected chi connectivity index (χ3v) is 10.9. The maximum Gasteiger partial charge on any atom is 0.323 e. The van der Waals surface area contributed by atoms with Crippen LogP contribution in [0.1, 0.15) is 92.7 Å². The van der Waals surface area contributed by atoms with E-state index in [2.05, 4.69) is 94.0 Å². The first-order valence-electron chi connectivity index (χ1n) is 22.7. The lowest BCUT2D eigenvalue weighted by Crippen LogP contribution is -2.24. The lowest BCUT2D eigenvalue weighted by atomic mass is 10.1. The molecule has 0 atom stereocenters. The van der Waals surface area contributed by atoms with Gasteiger partial charge in [-0.3, -0.25) is 4.90 Å². The van der Waals surface area contributed by atoms with Crippen LogP contribution in [0.3, 0.4) is 0 Å². The van der Waals surface area contributed by atoms with E-state index in [1.807, 2.05) is 109 Å². The number of unbranched alkanes of at least 4 members (excludes halogenated alkanes) is 3. The van der Waals surface area contributed by atoms with Crippen molar-refractivity contribution in [3.8, 4) is 0 Å². The van der Waals surface area contributed by atoms with Gasteiger partial charge in [-0.05, 0) is 145 Å². The maximum absolute atomic E-state index is 13.1. The summed E-state index contributed by atoms with van der Waals surface area (Å²) in [5, 5.41) is 17.9. The molecule has 332 valence electrons. The highest BCUT2D eigenvalue weighted by molar-refractivity contribution is 6.01. The SMILES string of the molecule is CCCCc1ccc(NC(=O)Nc2cccc(CN(Cc3cccc(NC(=O)Nc4ccc(CCCC)cc4)c3)Cc3cccc(NC(=O)Nc4ccc(CCCC)cc4)c3)c2)cc1. The van der Waals surface area contributed by atoms with Crippen molar-refractivity contribution >= 4 is 52.2 Å². The molecule has 10 heteroatoms. The van der Waals surface area contributed by atoms with Crippen molar-refractivity contribution < 1.29 is 14.4 Å². The van der Waals surface area contributed by atoms with E-state index in [-0.39, 0.29) is 18.1 Å². The molecule has 6 aromatic carbocycles. The summed E-state index contributed by atoms with van der Waals surface area (Å²) in [7, 11) is 0. The summed E-state index contributed by atoms with van der Waals surface area (Å²) in [6, 6.07) is 46.6. The van der Waals surface area contributed by atoms with Crippen LogP contribution in [0.5, 0.6) is 0 Å². The summed E-state index contributed by atoms with van der Waals surface area (Å²) in [5.74, 6) is 0. The summed E-state index contributed by atoms with van der Waals surface area (Å²) in [5.41, 5.74) is 11.0. The molecule has 10 nitrogen and oxygen atoms in total. The normalized spacial score (nSPS) is 10.9. The Morgan fingerprint density at radius 2 is 0.609 bits per heavy atom. The molecule has 6 aromatic rings. The molecule has 0 heterocycles. The number of hydrogen-bond donors (Lipinski definition) is 6. The van der Waals surface area contributed by atoms with E-state index < -0.39 is 0 Å². The Hall–Kier alpha value is -6.91. The van der Waals surface area contributed by atoms with Gasteiger partial charge in [0.25, 0.3) is 0 Å². The van der Waals surface area contributed by atoms with E-state index in [4.69, 9.17) is 0 Å². The van der Waals surface area contributed by atoms with Crippen LogP contribution in [0.2, 0.25) is 0 Å². The second-order valence-electron chi connectivity index (χ2n) is 16.4. The number of carbonyl (C=O) groups excluding carboxylic acids is 3. The number of anilines is 6. The van der Waals surface area contributed by atoms with Gasteiger partial charge in [0.1, 0.15) is 0 Å². The predicted molar refractivity (Wildman–Crippen MR) is 265 cm³/mol. The molecule has 0 bridgehead atoms. The van der Waals surface area contributed by atoms with Crippen LogP contribution in [0, 0.1) is 0 Å². The molecule has 0 aliphatic rings. The van der Waals surface area contributed by atoms with Crippen molar-refractivity contribution in [3.63, 3.8) is 0 Å². The number of urea groups is 3. The molecule has 6 amide bonds. The minimum atomic E-state index is -0.315. The third-order valence-electron chi connectivity index (χ3n) is 10.9. The van der Waals surface area contributed by atoms with Crippen LogP contribution < -0.4 is 31.9 Å². The zero-order valence-electron chi connectivity index (χ0n) is 37.5. The molecule has 0 spiro atoms. The Morgan fingerprint density at radius 3 is 0.875 bits per heavy atom. The molecule has 0 saturated heterocycles. The maximum atomic E-state index is 13.1. The third kappa shape index (κ3) is 15.8. The van der Waals surface area contributed by atoms with Gasteiger partial charge in [0.2, 0.25) is 0 Å². The summed E-state index contributed by atoms with van der Waals surface area (Å²) >= 11 is 0. The highest BCUT2D eigenvalue weighted by atomic mass is 16.2. The standard InChI is InChI=1S/C54H63N7O3/c1-4-7-13-40-22-28-46(29-23-40)55-52(62)58-49-19-10-16-43(34-49)37-61(38-44-17-11-20-50(35-44)59-53(63)56-47-30-24-41(25-31-47)14-8-5-2)39-45-18-12-21-51(36-45)60-54(64)57-48-32-26-42(27-33-48)15-9-6-3/h10-12,16-36H,4-9,13-15,37-39H2,1-3H3,(H2,55,58,62)(H2,56,59,63)(H2,57,60,64).